The van der Waals surface area contributed by atoms with E-state index in [-0.39, 0.29) is 5.82 Å². The number of ether oxygens (including phenoxy) is 1. The van der Waals surface area contributed by atoms with Gasteiger partial charge in [-0.1, -0.05) is 30.3 Å². The number of benzene rings is 3. The number of hydrogen-bond donors (Lipinski definition) is 1. The van der Waals surface area contributed by atoms with Crippen LogP contribution in [0.3, 0.4) is 0 Å². The van der Waals surface area contributed by atoms with E-state index in [4.69, 9.17) is 4.74 Å². The molecule has 1 N–H and O–H groups in total. The molecule has 4 aromatic rings. The van der Waals surface area contributed by atoms with Gasteiger partial charge in [0.05, 0.1) is 29.6 Å². The standard InChI is InChI=1S/C24H18F3N3O2/c1-32-18-13-11-16(12-14-18)21-15-22(30(29-21)17-7-3-2-4-8-17)28-23(31)19-9-5-6-10-20(19)24(25,26)27/h2-15H,1H3,(H,28,31). The van der Waals surface area contributed by atoms with Crippen molar-refractivity contribution in [3.05, 3.63) is 96.1 Å². The quantitative estimate of drug-likeness (QED) is 0.428. The van der Waals surface area contributed by atoms with Gasteiger partial charge in [-0.15, -0.1) is 0 Å². The number of amides is 1. The van der Waals surface area contributed by atoms with Crippen LogP contribution in [-0.4, -0.2) is 22.8 Å². The molecule has 3 aromatic carbocycles. The molecule has 0 atom stereocenters. The monoisotopic (exact) mass is 437 g/mol. The lowest BCUT2D eigenvalue weighted by Gasteiger charge is -2.13. The van der Waals surface area contributed by atoms with Crippen LogP contribution in [-0.2, 0) is 6.18 Å². The fraction of sp³-hybridized carbons (Fsp3) is 0.0833. The third kappa shape index (κ3) is 4.34. The molecule has 1 heterocycles. The number of hydrogen-bond acceptors (Lipinski definition) is 3. The second-order valence-corrected chi connectivity index (χ2v) is 6.89. The van der Waals surface area contributed by atoms with Gasteiger partial charge in [0.2, 0.25) is 0 Å². The summed E-state index contributed by atoms with van der Waals surface area (Å²) in [6, 6.07) is 22.4. The number of halogens is 3. The van der Waals surface area contributed by atoms with Crippen LogP contribution >= 0.6 is 0 Å². The van der Waals surface area contributed by atoms with Crippen LogP contribution in [0.5, 0.6) is 5.75 Å². The third-order valence-electron chi connectivity index (χ3n) is 4.81. The minimum atomic E-state index is -4.65. The summed E-state index contributed by atoms with van der Waals surface area (Å²) in [6.07, 6.45) is -4.65. The van der Waals surface area contributed by atoms with Gasteiger partial charge in [0.25, 0.3) is 5.91 Å². The normalized spacial score (nSPS) is 11.2. The number of carbonyl (C=O) groups excluding carboxylic acids is 1. The van der Waals surface area contributed by atoms with E-state index in [1.54, 1.807) is 61.7 Å². The zero-order valence-corrected chi connectivity index (χ0v) is 16.9. The Kier molecular flexibility index (Phi) is 5.68. The Labute approximate surface area is 182 Å². The van der Waals surface area contributed by atoms with Crippen molar-refractivity contribution in [2.45, 2.75) is 6.18 Å². The predicted octanol–water partition coefficient (Wildman–Crippen LogP) is 5.82. The van der Waals surface area contributed by atoms with Crippen molar-refractivity contribution in [2.75, 3.05) is 12.4 Å². The Morgan fingerprint density at radius 1 is 0.938 bits per heavy atom. The Hall–Kier alpha value is -4.07. The summed E-state index contributed by atoms with van der Waals surface area (Å²) in [7, 11) is 1.56. The molecule has 32 heavy (non-hydrogen) atoms. The Bertz CT molecular complexity index is 1230. The third-order valence-corrected chi connectivity index (χ3v) is 4.81. The Balaban J connectivity index is 1.75. The summed E-state index contributed by atoms with van der Waals surface area (Å²) in [6.45, 7) is 0. The molecule has 0 saturated heterocycles. The Morgan fingerprint density at radius 2 is 1.59 bits per heavy atom. The van der Waals surface area contributed by atoms with Crippen molar-refractivity contribution in [3.8, 4) is 22.7 Å². The first-order valence-corrected chi connectivity index (χ1v) is 9.64. The van der Waals surface area contributed by atoms with Crippen LogP contribution in [0.25, 0.3) is 16.9 Å². The number of aromatic nitrogens is 2. The number of nitrogens with zero attached hydrogens (tertiary/aromatic N) is 2. The number of carbonyl (C=O) groups is 1. The van der Waals surface area contributed by atoms with Gasteiger partial charge in [-0.2, -0.15) is 18.3 Å². The van der Waals surface area contributed by atoms with Crippen molar-refractivity contribution in [3.63, 3.8) is 0 Å². The summed E-state index contributed by atoms with van der Waals surface area (Å²) < 4.78 is 46.8. The average Bonchev–Trinajstić information content (AvgIpc) is 3.23. The van der Waals surface area contributed by atoms with Crippen molar-refractivity contribution >= 4 is 11.7 Å². The van der Waals surface area contributed by atoms with Gasteiger partial charge in [0.15, 0.2) is 0 Å². The molecule has 0 aliphatic rings. The van der Waals surface area contributed by atoms with Crippen molar-refractivity contribution < 1.29 is 22.7 Å². The largest absolute Gasteiger partial charge is 0.497 e. The maximum atomic E-state index is 13.4. The fourth-order valence-corrected chi connectivity index (χ4v) is 3.25. The molecule has 0 saturated carbocycles. The lowest BCUT2D eigenvalue weighted by Crippen LogP contribution is -2.20. The highest BCUT2D eigenvalue weighted by Gasteiger charge is 2.35. The van der Waals surface area contributed by atoms with E-state index in [0.29, 0.717) is 17.1 Å². The molecule has 0 bridgehead atoms. The van der Waals surface area contributed by atoms with E-state index in [9.17, 15) is 18.0 Å². The molecule has 0 radical (unpaired) electrons. The van der Waals surface area contributed by atoms with Gasteiger partial charge in [0, 0.05) is 11.6 Å². The smallest absolute Gasteiger partial charge is 0.417 e. The van der Waals surface area contributed by atoms with Crippen LogP contribution in [0.4, 0.5) is 19.0 Å². The SMILES string of the molecule is COc1ccc(-c2cc(NC(=O)c3ccccc3C(F)(F)F)n(-c3ccccc3)n2)cc1. The maximum Gasteiger partial charge on any atom is 0.417 e. The summed E-state index contributed by atoms with van der Waals surface area (Å²) >= 11 is 0. The van der Waals surface area contributed by atoms with Crippen LogP contribution in [0.15, 0.2) is 84.9 Å². The molecule has 0 spiro atoms. The Morgan fingerprint density at radius 3 is 2.25 bits per heavy atom. The van der Waals surface area contributed by atoms with Crippen LogP contribution < -0.4 is 10.1 Å². The van der Waals surface area contributed by atoms with E-state index in [1.165, 1.54) is 16.8 Å². The van der Waals surface area contributed by atoms with Gasteiger partial charge in [-0.3, -0.25) is 4.79 Å². The highest BCUT2D eigenvalue weighted by molar-refractivity contribution is 6.05. The van der Waals surface area contributed by atoms with Crippen molar-refractivity contribution in [1.82, 2.24) is 9.78 Å². The highest BCUT2D eigenvalue weighted by atomic mass is 19.4. The van der Waals surface area contributed by atoms with Gasteiger partial charge < -0.3 is 10.1 Å². The molecular weight excluding hydrogens is 419 g/mol. The number of anilines is 1. The van der Waals surface area contributed by atoms with Crippen molar-refractivity contribution in [1.29, 1.82) is 0 Å². The maximum absolute atomic E-state index is 13.4. The van der Waals surface area contributed by atoms with E-state index in [0.717, 1.165) is 17.7 Å². The number of alkyl halides is 3. The number of para-hydroxylation sites is 1. The first-order chi connectivity index (χ1) is 15.4. The van der Waals surface area contributed by atoms with Crippen LogP contribution in [0.2, 0.25) is 0 Å². The molecule has 1 aromatic heterocycles. The molecule has 8 heteroatoms. The number of methoxy groups -OCH3 is 1. The lowest BCUT2D eigenvalue weighted by molar-refractivity contribution is -0.137. The lowest BCUT2D eigenvalue weighted by atomic mass is 10.1. The van der Waals surface area contributed by atoms with Gasteiger partial charge in [0.1, 0.15) is 11.6 Å². The zero-order chi connectivity index (χ0) is 22.7. The molecule has 4 rings (SSSR count). The molecule has 1 amide bonds. The summed E-state index contributed by atoms with van der Waals surface area (Å²) in [5, 5.41) is 7.15. The molecular formula is C24H18F3N3O2. The van der Waals surface area contributed by atoms with Crippen LogP contribution in [0.1, 0.15) is 15.9 Å². The van der Waals surface area contributed by atoms with Gasteiger partial charge in [-0.25, -0.2) is 4.68 Å². The fourth-order valence-electron chi connectivity index (χ4n) is 3.25. The second-order valence-electron chi connectivity index (χ2n) is 6.89. The van der Waals surface area contributed by atoms with Gasteiger partial charge in [-0.05, 0) is 48.5 Å². The van der Waals surface area contributed by atoms with E-state index < -0.39 is 23.2 Å². The van der Waals surface area contributed by atoms with E-state index in [1.807, 2.05) is 6.07 Å². The van der Waals surface area contributed by atoms with Crippen molar-refractivity contribution in [2.24, 2.45) is 0 Å². The summed E-state index contributed by atoms with van der Waals surface area (Å²) in [4.78, 5) is 12.8. The summed E-state index contributed by atoms with van der Waals surface area (Å²) in [5.41, 5.74) is 0.472. The first kappa shape index (κ1) is 21.2. The minimum absolute atomic E-state index is 0.240. The molecule has 5 nitrogen and oxygen atoms in total. The molecule has 0 aliphatic carbocycles. The molecule has 162 valence electrons. The van der Waals surface area contributed by atoms with Gasteiger partial charge >= 0.3 is 6.18 Å². The van der Waals surface area contributed by atoms with Crippen LogP contribution in [0, 0.1) is 0 Å². The average molecular weight is 437 g/mol. The highest BCUT2D eigenvalue weighted by Crippen LogP contribution is 2.33. The second kappa shape index (κ2) is 8.58. The number of nitrogens with one attached hydrogen (secondary N) is 1. The zero-order valence-electron chi connectivity index (χ0n) is 16.9. The molecule has 0 fully saturated rings. The minimum Gasteiger partial charge on any atom is -0.497 e. The van der Waals surface area contributed by atoms with E-state index in [2.05, 4.69) is 10.4 Å². The number of rotatable bonds is 5. The summed E-state index contributed by atoms with van der Waals surface area (Å²) in [5.74, 6) is 0.0359. The molecule has 0 unspecified atom stereocenters. The first-order valence-electron chi connectivity index (χ1n) is 9.64. The topological polar surface area (TPSA) is 56.1 Å². The molecule has 0 aliphatic heterocycles. The predicted molar refractivity (Wildman–Crippen MR) is 115 cm³/mol. The van der Waals surface area contributed by atoms with E-state index >= 15 is 0 Å².